The lowest BCUT2D eigenvalue weighted by Crippen LogP contribution is -2.35. The van der Waals surface area contributed by atoms with Crippen LogP contribution in [-0.4, -0.2) is 28.5 Å². The zero-order valence-corrected chi connectivity index (χ0v) is 16.6. The van der Waals surface area contributed by atoms with E-state index in [1.54, 1.807) is 28.4 Å². The molecule has 0 N–H and O–H groups in total. The number of amides is 1. The number of carbonyl (C=O) groups excluding carboxylic acids is 1. The van der Waals surface area contributed by atoms with Crippen molar-refractivity contribution in [1.29, 1.82) is 5.26 Å². The van der Waals surface area contributed by atoms with Gasteiger partial charge in [-0.25, -0.2) is 0 Å². The third kappa shape index (κ3) is 3.44. The second-order valence-electron chi connectivity index (χ2n) is 6.43. The maximum atomic E-state index is 13.2. The van der Waals surface area contributed by atoms with Crippen LogP contribution in [0.3, 0.4) is 0 Å². The van der Waals surface area contributed by atoms with E-state index >= 15 is 0 Å². The average molecular weight is 408 g/mol. The van der Waals surface area contributed by atoms with Crippen molar-refractivity contribution in [3.05, 3.63) is 72.3 Å². The molecule has 2 aromatic heterocycles. The van der Waals surface area contributed by atoms with Gasteiger partial charge in [-0.15, -0.1) is 11.3 Å². The molecule has 3 heterocycles. The normalized spacial score (nSPS) is 15.5. The summed E-state index contributed by atoms with van der Waals surface area (Å²) >= 11 is 2.74. The molecule has 3 aromatic rings. The predicted molar refractivity (Wildman–Crippen MR) is 112 cm³/mol. The van der Waals surface area contributed by atoms with Gasteiger partial charge in [0.25, 0.3) is 11.5 Å². The summed E-state index contributed by atoms with van der Waals surface area (Å²) in [6.45, 7) is 1.30. The van der Waals surface area contributed by atoms with E-state index in [0.29, 0.717) is 28.0 Å². The lowest BCUT2D eigenvalue weighted by molar-refractivity contribution is -0.123. The van der Waals surface area contributed by atoms with Gasteiger partial charge in [0.15, 0.2) is 5.57 Å². The monoisotopic (exact) mass is 407 g/mol. The number of para-hydroxylation sites is 1. The fourth-order valence-electron chi connectivity index (χ4n) is 3.24. The molecule has 1 aliphatic rings. The Morgan fingerprint density at radius 3 is 2.54 bits per heavy atom. The first kappa shape index (κ1) is 18.4. The van der Waals surface area contributed by atoms with Gasteiger partial charge >= 0.3 is 0 Å². The van der Waals surface area contributed by atoms with E-state index in [2.05, 4.69) is 6.07 Å². The largest absolute Gasteiger partial charge is 0.338 e. The highest BCUT2D eigenvalue weighted by Crippen LogP contribution is 2.12. The van der Waals surface area contributed by atoms with E-state index in [0.717, 1.165) is 18.4 Å². The highest BCUT2D eigenvalue weighted by molar-refractivity contribution is 7.08. The van der Waals surface area contributed by atoms with Gasteiger partial charge < -0.3 is 4.90 Å². The van der Waals surface area contributed by atoms with Crippen LogP contribution in [0, 0.1) is 11.3 Å². The molecule has 0 saturated carbocycles. The first-order valence-corrected chi connectivity index (χ1v) is 10.7. The van der Waals surface area contributed by atoms with Crippen LogP contribution < -0.4 is 14.8 Å². The van der Waals surface area contributed by atoms with Gasteiger partial charge in [0.05, 0.1) is 10.2 Å². The smallest absolute Gasteiger partial charge is 0.273 e. The molecule has 1 aromatic carbocycles. The molecule has 1 amide bonds. The van der Waals surface area contributed by atoms with Gasteiger partial charge in [0.2, 0.25) is 0 Å². The van der Waals surface area contributed by atoms with Crippen molar-refractivity contribution in [3.63, 3.8) is 0 Å². The number of nitrogens with zero attached hydrogens (tertiary/aromatic N) is 3. The second kappa shape index (κ2) is 7.97. The molecule has 4 rings (SSSR count). The first-order valence-electron chi connectivity index (χ1n) is 8.94. The standard InChI is InChI=1S/C21H17N3O2S2/c22-13-17(19(25)23-9-4-5-10-23)21-24(16-6-2-1-3-7-16)20(26)18(28-21)12-15-8-11-27-14-15/h1-3,6-8,11-12,14H,4-5,9-10H2/b18-12-,21-17-. The molecule has 1 saturated heterocycles. The number of nitriles is 1. The van der Waals surface area contributed by atoms with E-state index in [4.69, 9.17) is 0 Å². The van der Waals surface area contributed by atoms with Crippen LogP contribution in [0.15, 0.2) is 52.0 Å². The van der Waals surface area contributed by atoms with Crippen LogP contribution >= 0.6 is 22.7 Å². The van der Waals surface area contributed by atoms with Crippen molar-refractivity contribution in [2.45, 2.75) is 12.8 Å². The Morgan fingerprint density at radius 2 is 1.89 bits per heavy atom. The summed E-state index contributed by atoms with van der Waals surface area (Å²) in [7, 11) is 0. The number of aromatic nitrogens is 1. The molecule has 0 atom stereocenters. The van der Waals surface area contributed by atoms with Crippen LogP contribution in [0.5, 0.6) is 0 Å². The number of hydrogen-bond donors (Lipinski definition) is 0. The summed E-state index contributed by atoms with van der Waals surface area (Å²) < 4.78 is 2.37. The molecule has 0 bridgehead atoms. The second-order valence-corrected chi connectivity index (χ2v) is 8.25. The number of carbonyl (C=O) groups is 1. The van der Waals surface area contributed by atoms with E-state index in [-0.39, 0.29) is 17.0 Å². The molecule has 0 aliphatic carbocycles. The van der Waals surface area contributed by atoms with Crippen molar-refractivity contribution in [2.75, 3.05) is 13.1 Å². The Bertz CT molecular complexity index is 1210. The van der Waals surface area contributed by atoms with Crippen molar-refractivity contribution >= 4 is 40.2 Å². The minimum Gasteiger partial charge on any atom is -0.338 e. The molecule has 28 heavy (non-hydrogen) atoms. The van der Waals surface area contributed by atoms with Gasteiger partial charge in [-0.3, -0.25) is 14.2 Å². The van der Waals surface area contributed by atoms with Crippen molar-refractivity contribution in [3.8, 4) is 11.8 Å². The van der Waals surface area contributed by atoms with E-state index in [1.165, 1.54) is 15.9 Å². The van der Waals surface area contributed by atoms with Crippen LogP contribution in [0.4, 0.5) is 0 Å². The molecule has 5 nitrogen and oxygen atoms in total. The summed E-state index contributed by atoms with van der Waals surface area (Å²) in [6.07, 6.45) is 3.69. The maximum absolute atomic E-state index is 13.2. The number of thiophene rings is 1. The molecule has 0 unspecified atom stereocenters. The molecule has 140 valence electrons. The Balaban J connectivity index is 2.01. The van der Waals surface area contributed by atoms with Crippen LogP contribution in [0.25, 0.3) is 17.3 Å². The average Bonchev–Trinajstić information content (AvgIpc) is 3.47. The number of thiazole rings is 1. The van der Waals surface area contributed by atoms with Gasteiger partial charge in [-0.05, 0) is 53.4 Å². The third-order valence-corrected chi connectivity index (χ3v) is 6.41. The minimum absolute atomic E-state index is 0.0258. The van der Waals surface area contributed by atoms with Crippen LogP contribution in [0.2, 0.25) is 0 Å². The number of rotatable bonds is 3. The van der Waals surface area contributed by atoms with Gasteiger partial charge in [0, 0.05) is 13.1 Å². The van der Waals surface area contributed by atoms with E-state index < -0.39 is 0 Å². The Hall–Kier alpha value is -2.95. The Morgan fingerprint density at radius 1 is 1.14 bits per heavy atom. The molecular weight excluding hydrogens is 390 g/mol. The quantitative estimate of drug-likeness (QED) is 0.668. The lowest BCUT2D eigenvalue weighted by Gasteiger charge is -2.14. The van der Waals surface area contributed by atoms with Crippen molar-refractivity contribution in [1.82, 2.24) is 9.47 Å². The molecule has 0 spiro atoms. The fraction of sp³-hybridized carbons (Fsp3) is 0.190. The summed E-state index contributed by atoms with van der Waals surface area (Å²) in [4.78, 5) is 27.8. The number of likely N-dealkylation sites (tertiary alicyclic amines) is 1. The molecule has 1 fully saturated rings. The third-order valence-electron chi connectivity index (χ3n) is 4.61. The molecule has 0 radical (unpaired) electrons. The topological polar surface area (TPSA) is 66.1 Å². The summed E-state index contributed by atoms with van der Waals surface area (Å²) in [5.41, 5.74) is 1.38. The first-order chi connectivity index (χ1) is 13.7. The molecule has 7 heteroatoms. The number of hydrogen-bond acceptors (Lipinski definition) is 5. The highest BCUT2D eigenvalue weighted by Gasteiger charge is 2.24. The maximum Gasteiger partial charge on any atom is 0.273 e. The zero-order valence-electron chi connectivity index (χ0n) is 15.0. The van der Waals surface area contributed by atoms with Gasteiger partial charge in [-0.1, -0.05) is 18.2 Å². The SMILES string of the molecule is N#C/C(C(=O)N1CCCC1)=c1/s/c(=C\c2ccsc2)c(=O)n1-c1ccccc1. The van der Waals surface area contributed by atoms with Crippen molar-refractivity contribution in [2.24, 2.45) is 0 Å². The number of benzene rings is 1. The molecule has 1 aliphatic heterocycles. The van der Waals surface area contributed by atoms with E-state index in [9.17, 15) is 14.9 Å². The van der Waals surface area contributed by atoms with Crippen LogP contribution in [0.1, 0.15) is 18.4 Å². The molecular formula is C21H17N3O2S2. The summed E-state index contributed by atoms with van der Waals surface area (Å²) in [5.74, 6) is -0.298. The summed E-state index contributed by atoms with van der Waals surface area (Å²) in [6, 6.07) is 13.1. The summed E-state index contributed by atoms with van der Waals surface area (Å²) in [5, 5.41) is 13.7. The lowest BCUT2D eigenvalue weighted by atomic mass is 10.2. The van der Waals surface area contributed by atoms with Crippen molar-refractivity contribution < 1.29 is 4.79 Å². The minimum atomic E-state index is -0.298. The van der Waals surface area contributed by atoms with Gasteiger partial charge in [-0.2, -0.15) is 16.6 Å². The highest BCUT2D eigenvalue weighted by atomic mass is 32.1. The van der Waals surface area contributed by atoms with Crippen LogP contribution in [-0.2, 0) is 4.79 Å². The zero-order chi connectivity index (χ0) is 19.5. The van der Waals surface area contributed by atoms with E-state index in [1.807, 2.05) is 41.1 Å². The fourth-order valence-corrected chi connectivity index (χ4v) is 4.95. The van der Waals surface area contributed by atoms with Gasteiger partial charge in [0.1, 0.15) is 10.7 Å². The Labute approximate surface area is 169 Å². The predicted octanol–water partition coefficient (Wildman–Crippen LogP) is 2.09. The Kier molecular flexibility index (Phi) is 5.24.